The van der Waals surface area contributed by atoms with Crippen LogP contribution in [0.4, 0.5) is 0 Å². The van der Waals surface area contributed by atoms with Crippen LogP contribution in [0.2, 0.25) is 0 Å². The summed E-state index contributed by atoms with van der Waals surface area (Å²) in [6.07, 6.45) is 0. The molecule has 3 N–H and O–H groups in total. The van der Waals surface area contributed by atoms with Gasteiger partial charge in [-0.05, 0) is 24.0 Å². The summed E-state index contributed by atoms with van der Waals surface area (Å²) in [4.78, 5) is 11.4. The first-order valence-electron chi connectivity index (χ1n) is 5.34. The second kappa shape index (κ2) is 5.52. The molecule has 4 heteroatoms. The third kappa shape index (κ3) is 3.45. The number of hydrogen-bond acceptors (Lipinski definition) is 3. The number of aromatic hydroxyl groups is 1. The molecule has 0 saturated carbocycles. The van der Waals surface area contributed by atoms with Crippen molar-refractivity contribution < 1.29 is 9.90 Å². The van der Waals surface area contributed by atoms with Crippen LogP contribution in [-0.2, 0) is 12.0 Å². The highest BCUT2D eigenvalue weighted by Crippen LogP contribution is 2.31. The van der Waals surface area contributed by atoms with Gasteiger partial charge in [0.25, 0.3) is 0 Å². The molecule has 0 atom stereocenters. The van der Waals surface area contributed by atoms with E-state index in [1.165, 1.54) is 6.92 Å². The molecule has 0 aliphatic rings. The summed E-state index contributed by atoms with van der Waals surface area (Å²) in [6, 6.07) is 3.61. The Morgan fingerprint density at radius 1 is 1.35 bits per heavy atom. The zero-order chi connectivity index (χ0) is 12.5. The zero-order valence-corrected chi connectivity index (χ0v) is 11.5. The fraction of sp³-hybridized carbons (Fsp3) is 0.462. The Balaban J connectivity index is 0.00000256. The molecule has 0 bridgehead atoms. The highest BCUT2D eigenvalue weighted by atomic mass is 35.5. The van der Waals surface area contributed by atoms with Gasteiger partial charge in [0, 0.05) is 12.1 Å². The predicted octanol–water partition coefficient (Wildman–Crippen LogP) is 2.77. The van der Waals surface area contributed by atoms with Crippen LogP contribution in [0.25, 0.3) is 0 Å². The van der Waals surface area contributed by atoms with Crippen molar-refractivity contribution >= 4 is 18.2 Å². The lowest BCUT2D eigenvalue weighted by atomic mass is 9.84. The topological polar surface area (TPSA) is 63.3 Å². The molecule has 0 aromatic heterocycles. The molecule has 0 aliphatic heterocycles. The highest BCUT2D eigenvalue weighted by molar-refractivity contribution is 5.97. The standard InChI is InChI=1S/C13H19NO2.ClH/c1-8(15)11-6-10(13(2,3)4)5-9(7-14)12(11)16;/h5-6,16H,7,14H2,1-4H3;1H. The number of carbonyl (C=O) groups excluding carboxylic acids is 1. The van der Waals surface area contributed by atoms with E-state index >= 15 is 0 Å². The molecular weight excluding hydrogens is 238 g/mol. The molecule has 0 aliphatic carbocycles. The van der Waals surface area contributed by atoms with Crippen molar-refractivity contribution in [2.75, 3.05) is 0 Å². The van der Waals surface area contributed by atoms with E-state index in [-0.39, 0.29) is 35.9 Å². The average molecular weight is 258 g/mol. The summed E-state index contributed by atoms with van der Waals surface area (Å²) < 4.78 is 0. The second-order valence-electron chi connectivity index (χ2n) is 5.04. The molecule has 3 nitrogen and oxygen atoms in total. The van der Waals surface area contributed by atoms with Crippen LogP contribution in [0.1, 0.15) is 49.2 Å². The maximum Gasteiger partial charge on any atom is 0.163 e. The van der Waals surface area contributed by atoms with E-state index in [1.807, 2.05) is 6.07 Å². The van der Waals surface area contributed by atoms with E-state index in [0.29, 0.717) is 11.1 Å². The van der Waals surface area contributed by atoms with Crippen LogP contribution >= 0.6 is 12.4 Å². The number of hydrogen-bond donors (Lipinski definition) is 2. The lowest BCUT2D eigenvalue weighted by Gasteiger charge is -2.21. The lowest BCUT2D eigenvalue weighted by molar-refractivity contribution is 0.101. The van der Waals surface area contributed by atoms with Gasteiger partial charge in [0.2, 0.25) is 0 Å². The molecule has 0 radical (unpaired) electrons. The molecule has 0 saturated heterocycles. The molecule has 1 aromatic carbocycles. The second-order valence-corrected chi connectivity index (χ2v) is 5.04. The number of Topliss-reactive ketones (excluding diaryl/α,β-unsaturated/α-hetero) is 1. The molecule has 96 valence electrons. The number of rotatable bonds is 2. The number of benzene rings is 1. The van der Waals surface area contributed by atoms with Gasteiger partial charge in [0.15, 0.2) is 5.78 Å². The molecule has 1 aromatic rings. The van der Waals surface area contributed by atoms with Crippen LogP contribution in [0.3, 0.4) is 0 Å². The average Bonchev–Trinajstić information content (AvgIpc) is 2.15. The summed E-state index contributed by atoms with van der Waals surface area (Å²) >= 11 is 0. The van der Waals surface area contributed by atoms with Gasteiger partial charge in [0.05, 0.1) is 5.56 Å². The van der Waals surface area contributed by atoms with Crippen LogP contribution in [-0.4, -0.2) is 10.9 Å². The number of nitrogens with two attached hydrogens (primary N) is 1. The van der Waals surface area contributed by atoms with Crippen LogP contribution in [0.15, 0.2) is 12.1 Å². The molecule has 0 unspecified atom stereocenters. The minimum absolute atomic E-state index is 0. The fourth-order valence-electron chi connectivity index (χ4n) is 1.55. The first kappa shape index (κ1) is 15.9. The van der Waals surface area contributed by atoms with Gasteiger partial charge < -0.3 is 10.8 Å². The van der Waals surface area contributed by atoms with Gasteiger partial charge in [-0.1, -0.05) is 26.8 Å². The van der Waals surface area contributed by atoms with Crippen LogP contribution < -0.4 is 5.73 Å². The number of carbonyl (C=O) groups is 1. The summed E-state index contributed by atoms with van der Waals surface area (Å²) in [5, 5.41) is 9.85. The smallest absolute Gasteiger partial charge is 0.163 e. The molecule has 0 amide bonds. The fourth-order valence-corrected chi connectivity index (χ4v) is 1.55. The van der Waals surface area contributed by atoms with Crippen molar-refractivity contribution in [2.45, 2.75) is 39.7 Å². The van der Waals surface area contributed by atoms with Crippen molar-refractivity contribution in [2.24, 2.45) is 5.73 Å². The first-order chi connectivity index (χ1) is 7.27. The Morgan fingerprint density at radius 3 is 2.24 bits per heavy atom. The van der Waals surface area contributed by atoms with E-state index in [1.54, 1.807) is 6.07 Å². The van der Waals surface area contributed by atoms with E-state index in [0.717, 1.165) is 5.56 Å². The van der Waals surface area contributed by atoms with Gasteiger partial charge in [0.1, 0.15) is 5.75 Å². The van der Waals surface area contributed by atoms with Crippen molar-refractivity contribution in [1.82, 2.24) is 0 Å². The minimum atomic E-state index is -0.140. The number of phenolic OH excluding ortho intramolecular Hbond substituents is 1. The van der Waals surface area contributed by atoms with E-state index < -0.39 is 0 Å². The Bertz CT molecular complexity index is 422. The highest BCUT2D eigenvalue weighted by Gasteiger charge is 2.19. The van der Waals surface area contributed by atoms with Gasteiger partial charge in [-0.2, -0.15) is 0 Å². The van der Waals surface area contributed by atoms with Gasteiger partial charge >= 0.3 is 0 Å². The van der Waals surface area contributed by atoms with Gasteiger partial charge in [-0.3, -0.25) is 4.79 Å². The van der Waals surface area contributed by atoms with Crippen LogP contribution in [0, 0.1) is 0 Å². The maximum absolute atomic E-state index is 11.4. The first-order valence-corrected chi connectivity index (χ1v) is 5.34. The van der Waals surface area contributed by atoms with Crippen molar-refractivity contribution in [3.05, 3.63) is 28.8 Å². The molecule has 0 heterocycles. The SMILES string of the molecule is CC(=O)c1cc(C(C)(C)C)cc(CN)c1O.Cl. The predicted molar refractivity (Wildman–Crippen MR) is 72.0 cm³/mol. The summed E-state index contributed by atoms with van der Waals surface area (Å²) in [5.41, 5.74) is 7.48. The Labute approximate surface area is 108 Å². The molecular formula is C13H20ClNO2. The van der Waals surface area contributed by atoms with Gasteiger partial charge in [-0.25, -0.2) is 0 Å². The number of halogens is 1. The Kier molecular flexibility index (Phi) is 5.17. The Hall–Kier alpha value is -1.06. The normalized spacial score (nSPS) is 10.9. The quantitative estimate of drug-likeness (QED) is 0.801. The number of ketones is 1. The molecule has 0 fully saturated rings. The number of phenols is 1. The van der Waals surface area contributed by atoms with E-state index in [4.69, 9.17) is 5.73 Å². The summed E-state index contributed by atoms with van der Waals surface area (Å²) in [7, 11) is 0. The Morgan fingerprint density at radius 2 is 1.88 bits per heavy atom. The largest absolute Gasteiger partial charge is 0.507 e. The monoisotopic (exact) mass is 257 g/mol. The molecule has 0 spiro atoms. The van der Waals surface area contributed by atoms with Crippen molar-refractivity contribution in [1.29, 1.82) is 0 Å². The lowest BCUT2D eigenvalue weighted by Crippen LogP contribution is -2.14. The minimum Gasteiger partial charge on any atom is -0.507 e. The zero-order valence-electron chi connectivity index (χ0n) is 10.7. The third-order valence-corrected chi connectivity index (χ3v) is 2.65. The van der Waals surface area contributed by atoms with Gasteiger partial charge in [-0.15, -0.1) is 12.4 Å². The van der Waals surface area contributed by atoms with Crippen LogP contribution in [0.5, 0.6) is 5.75 Å². The van der Waals surface area contributed by atoms with Crippen molar-refractivity contribution in [3.63, 3.8) is 0 Å². The maximum atomic E-state index is 11.4. The molecule has 17 heavy (non-hydrogen) atoms. The van der Waals surface area contributed by atoms with E-state index in [9.17, 15) is 9.90 Å². The molecule has 1 rings (SSSR count). The van der Waals surface area contributed by atoms with E-state index in [2.05, 4.69) is 20.8 Å². The summed E-state index contributed by atoms with van der Waals surface area (Å²) in [6.45, 7) is 7.86. The third-order valence-electron chi connectivity index (χ3n) is 2.65. The summed E-state index contributed by atoms with van der Waals surface area (Å²) in [5.74, 6) is -0.124. The van der Waals surface area contributed by atoms with Crippen molar-refractivity contribution in [3.8, 4) is 5.75 Å².